The molecule has 0 aliphatic heterocycles. The Labute approximate surface area is 223 Å². The minimum atomic E-state index is -0.352. The molecule has 1 N–H and O–H groups in total. The van der Waals surface area contributed by atoms with Gasteiger partial charge >= 0.3 is 5.97 Å². The molecule has 1 atom stereocenters. The summed E-state index contributed by atoms with van der Waals surface area (Å²) in [5.74, 6) is -0.0608. The lowest BCUT2D eigenvalue weighted by molar-refractivity contribution is 0.0505. The molecule has 36 heavy (non-hydrogen) atoms. The van der Waals surface area contributed by atoms with E-state index >= 15 is 0 Å². The van der Waals surface area contributed by atoms with Gasteiger partial charge in [-0.1, -0.05) is 60.1 Å². The van der Waals surface area contributed by atoms with Gasteiger partial charge in [0.15, 0.2) is 0 Å². The molecule has 1 unspecified atom stereocenters. The number of hydrogen-bond acceptors (Lipinski definition) is 5. The maximum Gasteiger partial charge on any atom is 0.341 e. The normalized spacial score (nSPS) is 14.9. The first-order chi connectivity index (χ1) is 17.4. The van der Waals surface area contributed by atoms with Crippen molar-refractivity contribution in [2.45, 2.75) is 39.5 Å². The lowest BCUT2D eigenvalue weighted by Crippen LogP contribution is -2.17. The average Bonchev–Trinajstić information content (AvgIpc) is 3.23. The summed E-state index contributed by atoms with van der Waals surface area (Å²) in [5.41, 5.74) is 4.45. The van der Waals surface area contributed by atoms with Crippen LogP contribution >= 0.6 is 27.3 Å². The number of fused-ring (bicyclic) bond motifs is 2. The summed E-state index contributed by atoms with van der Waals surface area (Å²) < 4.78 is 6.49. The van der Waals surface area contributed by atoms with Crippen molar-refractivity contribution in [1.29, 1.82) is 0 Å². The number of esters is 1. The van der Waals surface area contributed by atoms with Gasteiger partial charge in [-0.15, -0.1) is 11.3 Å². The minimum Gasteiger partial charge on any atom is -0.462 e. The van der Waals surface area contributed by atoms with Crippen molar-refractivity contribution >= 4 is 55.0 Å². The number of halogens is 1. The van der Waals surface area contributed by atoms with E-state index in [1.165, 1.54) is 16.2 Å². The Morgan fingerprint density at radius 2 is 1.94 bits per heavy atom. The standard InChI is InChI=1S/C29H27BrN2O3S/c1-3-14-35-29(34)26-21-13-8-17(2)15-25(21)36-28(26)32-27(33)22-16-24(18-9-11-19(30)12-10-18)31-23-7-5-4-6-20(22)23/h4-7,9-12,16-17H,3,8,13-15H2,1-2H3,(H,32,33). The Balaban J connectivity index is 1.56. The van der Waals surface area contributed by atoms with Crippen molar-refractivity contribution in [3.8, 4) is 11.3 Å². The van der Waals surface area contributed by atoms with Gasteiger partial charge in [-0.05, 0) is 61.4 Å². The Morgan fingerprint density at radius 1 is 1.17 bits per heavy atom. The highest BCUT2D eigenvalue weighted by Crippen LogP contribution is 2.40. The summed E-state index contributed by atoms with van der Waals surface area (Å²) in [6.45, 7) is 4.56. The first-order valence-corrected chi connectivity index (χ1v) is 13.8. The molecule has 5 rings (SSSR count). The minimum absolute atomic E-state index is 0.261. The zero-order valence-electron chi connectivity index (χ0n) is 20.3. The number of thiophene rings is 1. The van der Waals surface area contributed by atoms with Crippen LogP contribution < -0.4 is 5.32 Å². The van der Waals surface area contributed by atoms with Crippen LogP contribution in [-0.4, -0.2) is 23.5 Å². The summed E-state index contributed by atoms with van der Waals surface area (Å²) in [4.78, 5) is 32.8. The number of carbonyl (C=O) groups excluding carboxylic acids is 2. The number of para-hydroxylation sites is 1. The van der Waals surface area contributed by atoms with E-state index in [0.717, 1.165) is 52.2 Å². The van der Waals surface area contributed by atoms with Crippen molar-refractivity contribution in [3.05, 3.63) is 80.6 Å². The third-order valence-corrected chi connectivity index (χ3v) is 8.18. The van der Waals surface area contributed by atoms with Gasteiger partial charge < -0.3 is 10.1 Å². The number of nitrogens with zero attached hydrogens (tertiary/aromatic N) is 1. The predicted molar refractivity (Wildman–Crippen MR) is 149 cm³/mol. The smallest absolute Gasteiger partial charge is 0.341 e. The van der Waals surface area contributed by atoms with Crippen LogP contribution in [0.15, 0.2) is 59.1 Å². The third-order valence-electron chi connectivity index (χ3n) is 6.48. The van der Waals surface area contributed by atoms with Crippen LogP contribution in [0.2, 0.25) is 0 Å². The van der Waals surface area contributed by atoms with E-state index in [0.29, 0.717) is 34.3 Å². The van der Waals surface area contributed by atoms with Crippen LogP contribution in [0.3, 0.4) is 0 Å². The fraction of sp³-hybridized carbons (Fsp3) is 0.276. The fourth-order valence-corrected chi connectivity index (χ4v) is 6.28. The summed E-state index contributed by atoms with van der Waals surface area (Å²) in [6.07, 6.45) is 3.51. The Bertz CT molecular complexity index is 1450. The van der Waals surface area contributed by atoms with Crippen molar-refractivity contribution in [3.63, 3.8) is 0 Å². The van der Waals surface area contributed by atoms with E-state index in [4.69, 9.17) is 9.72 Å². The molecule has 0 radical (unpaired) electrons. The highest BCUT2D eigenvalue weighted by Gasteiger charge is 2.29. The molecule has 4 aromatic rings. The van der Waals surface area contributed by atoms with Gasteiger partial charge in [0.2, 0.25) is 0 Å². The van der Waals surface area contributed by atoms with Crippen LogP contribution in [0.25, 0.3) is 22.2 Å². The second kappa shape index (κ2) is 10.5. The van der Waals surface area contributed by atoms with E-state index in [1.807, 2.05) is 61.5 Å². The van der Waals surface area contributed by atoms with Crippen LogP contribution in [0.1, 0.15) is 57.8 Å². The topological polar surface area (TPSA) is 68.3 Å². The number of anilines is 1. The number of nitrogens with one attached hydrogen (secondary N) is 1. The molecule has 0 saturated carbocycles. The summed E-state index contributed by atoms with van der Waals surface area (Å²) in [6, 6.07) is 17.3. The van der Waals surface area contributed by atoms with Gasteiger partial charge in [0, 0.05) is 20.3 Å². The van der Waals surface area contributed by atoms with E-state index < -0.39 is 0 Å². The van der Waals surface area contributed by atoms with Crippen molar-refractivity contribution in [2.75, 3.05) is 11.9 Å². The molecule has 7 heteroatoms. The number of ether oxygens (including phenoxy) is 1. The largest absolute Gasteiger partial charge is 0.462 e. The summed E-state index contributed by atoms with van der Waals surface area (Å²) >= 11 is 4.98. The predicted octanol–water partition coefficient (Wildman–Crippen LogP) is 7.67. The first-order valence-electron chi connectivity index (χ1n) is 12.2. The lowest BCUT2D eigenvalue weighted by atomic mass is 9.88. The second-order valence-corrected chi connectivity index (χ2v) is 11.2. The molecule has 0 bridgehead atoms. The average molecular weight is 564 g/mol. The quantitative estimate of drug-likeness (QED) is 0.245. The van der Waals surface area contributed by atoms with E-state index in [2.05, 4.69) is 28.2 Å². The molecular formula is C29H27BrN2O3S. The number of pyridine rings is 1. The van der Waals surface area contributed by atoms with Crippen LogP contribution in [-0.2, 0) is 17.6 Å². The molecule has 1 amide bonds. The zero-order chi connectivity index (χ0) is 25.2. The lowest BCUT2D eigenvalue weighted by Gasteiger charge is -2.18. The molecule has 1 aliphatic carbocycles. The number of aromatic nitrogens is 1. The molecule has 184 valence electrons. The SMILES string of the molecule is CCCOC(=O)c1c(NC(=O)c2cc(-c3ccc(Br)cc3)nc3ccccc23)sc2c1CCC(C)C2. The first kappa shape index (κ1) is 24.7. The molecule has 0 saturated heterocycles. The second-order valence-electron chi connectivity index (χ2n) is 9.23. The number of rotatable bonds is 6. The third kappa shape index (κ3) is 4.95. The van der Waals surface area contributed by atoms with Crippen LogP contribution in [0.4, 0.5) is 5.00 Å². The van der Waals surface area contributed by atoms with Gasteiger partial charge in [0.1, 0.15) is 5.00 Å². The van der Waals surface area contributed by atoms with E-state index in [-0.39, 0.29) is 11.9 Å². The molecule has 2 aromatic carbocycles. The number of carbonyl (C=O) groups is 2. The van der Waals surface area contributed by atoms with Gasteiger partial charge in [-0.25, -0.2) is 9.78 Å². The summed E-state index contributed by atoms with van der Waals surface area (Å²) in [5, 5.41) is 4.42. The highest BCUT2D eigenvalue weighted by atomic mass is 79.9. The van der Waals surface area contributed by atoms with Gasteiger partial charge in [-0.2, -0.15) is 0 Å². The monoisotopic (exact) mass is 562 g/mol. The van der Waals surface area contributed by atoms with E-state index in [9.17, 15) is 9.59 Å². The number of benzene rings is 2. The maximum atomic E-state index is 13.7. The molecule has 0 fully saturated rings. The Kier molecular flexibility index (Phi) is 7.21. The van der Waals surface area contributed by atoms with Gasteiger partial charge in [0.05, 0.1) is 28.9 Å². The van der Waals surface area contributed by atoms with Gasteiger partial charge in [-0.3, -0.25) is 4.79 Å². The molecule has 0 spiro atoms. The summed E-state index contributed by atoms with van der Waals surface area (Å²) in [7, 11) is 0. The molecule has 1 aliphatic rings. The van der Waals surface area contributed by atoms with Crippen molar-refractivity contribution in [2.24, 2.45) is 5.92 Å². The van der Waals surface area contributed by atoms with E-state index in [1.54, 1.807) is 0 Å². The van der Waals surface area contributed by atoms with Crippen molar-refractivity contribution in [1.82, 2.24) is 4.98 Å². The zero-order valence-corrected chi connectivity index (χ0v) is 22.7. The maximum absolute atomic E-state index is 13.7. The molecule has 2 heterocycles. The number of amides is 1. The van der Waals surface area contributed by atoms with Crippen molar-refractivity contribution < 1.29 is 14.3 Å². The highest BCUT2D eigenvalue weighted by molar-refractivity contribution is 9.10. The number of hydrogen-bond donors (Lipinski definition) is 1. The molecule has 5 nitrogen and oxygen atoms in total. The molecule has 2 aromatic heterocycles. The molecular weight excluding hydrogens is 536 g/mol. The Morgan fingerprint density at radius 3 is 2.72 bits per heavy atom. The van der Waals surface area contributed by atoms with Crippen LogP contribution in [0.5, 0.6) is 0 Å². The van der Waals surface area contributed by atoms with Gasteiger partial charge in [0.25, 0.3) is 5.91 Å². The Hall–Kier alpha value is -3.03. The van der Waals surface area contributed by atoms with Crippen LogP contribution in [0, 0.1) is 5.92 Å². The fourth-order valence-electron chi connectivity index (χ4n) is 4.62.